The maximum Gasteiger partial charge on any atom is 0.206 e. The molecule has 1 saturated carbocycles. The van der Waals surface area contributed by atoms with Gasteiger partial charge in [-0.1, -0.05) is 18.0 Å². The maximum atomic E-state index is 8.58. The fraction of sp³-hybridized carbons (Fsp3) is 0.556. The largest absolute Gasteiger partial charge is 0.409 e. The van der Waals surface area contributed by atoms with E-state index in [1.165, 1.54) is 12.8 Å². The van der Waals surface area contributed by atoms with Gasteiger partial charge in [-0.2, -0.15) is 0 Å². The van der Waals surface area contributed by atoms with Gasteiger partial charge in [0, 0.05) is 18.4 Å². The van der Waals surface area contributed by atoms with Crippen molar-refractivity contribution in [1.29, 1.82) is 0 Å². The van der Waals surface area contributed by atoms with E-state index in [9.17, 15) is 0 Å². The van der Waals surface area contributed by atoms with Gasteiger partial charge in [-0.3, -0.25) is 0 Å². The third-order valence-corrected chi connectivity index (χ3v) is 2.72. The van der Waals surface area contributed by atoms with E-state index in [-0.39, 0.29) is 5.84 Å². The van der Waals surface area contributed by atoms with Crippen molar-refractivity contribution >= 4 is 5.84 Å². The fourth-order valence-corrected chi connectivity index (χ4v) is 2.03. The molecule has 0 bridgehead atoms. The van der Waals surface area contributed by atoms with Crippen molar-refractivity contribution < 1.29 is 5.21 Å². The predicted molar refractivity (Wildman–Crippen MR) is 52.2 cm³/mol. The highest BCUT2D eigenvalue weighted by Crippen LogP contribution is 2.29. The molecule has 0 spiro atoms. The summed E-state index contributed by atoms with van der Waals surface area (Å²) in [5.74, 6) is 0.654. The number of amidine groups is 1. The van der Waals surface area contributed by atoms with Crippen LogP contribution < -0.4 is 5.73 Å². The van der Waals surface area contributed by atoms with Crippen molar-refractivity contribution in [1.82, 2.24) is 9.55 Å². The topological polar surface area (TPSA) is 76.4 Å². The first-order valence-electron chi connectivity index (χ1n) is 4.83. The molecule has 0 unspecified atom stereocenters. The van der Waals surface area contributed by atoms with Crippen LogP contribution in [0, 0.1) is 0 Å². The Kier molecular flexibility index (Phi) is 2.39. The van der Waals surface area contributed by atoms with Gasteiger partial charge in [0.25, 0.3) is 0 Å². The zero-order valence-corrected chi connectivity index (χ0v) is 7.93. The Labute approximate surface area is 82.2 Å². The molecule has 1 fully saturated rings. The van der Waals surface area contributed by atoms with E-state index in [1.807, 2.05) is 10.8 Å². The molecule has 1 aromatic rings. The maximum absolute atomic E-state index is 8.58. The molecule has 0 amide bonds. The molecule has 1 aliphatic rings. The van der Waals surface area contributed by atoms with Crippen molar-refractivity contribution in [3.05, 3.63) is 18.2 Å². The summed E-state index contributed by atoms with van der Waals surface area (Å²) >= 11 is 0. The van der Waals surface area contributed by atoms with Crippen molar-refractivity contribution in [3.8, 4) is 0 Å². The van der Waals surface area contributed by atoms with Crippen LogP contribution in [0.2, 0.25) is 0 Å². The first kappa shape index (κ1) is 9.05. The van der Waals surface area contributed by atoms with Gasteiger partial charge in [0.05, 0.1) is 0 Å². The molecule has 0 saturated heterocycles. The number of hydrogen-bond donors (Lipinski definition) is 2. The summed E-state index contributed by atoms with van der Waals surface area (Å²) in [5, 5.41) is 11.6. The molecule has 0 aromatic carbocycles. The van der Waals surface area contributed by atoms with Crippen LogP contribution in [0.25, 0.3) is 0 Å². The van der Waals surface area contributed by atoms with Crippen molar-refractivity contribution in [3.63, 3.8) is 0 Å². The Bertz CT molecular complexity index is 338. The summed E-state index contributed by atoms with van der Waals surface area (Å²) in [6, 6.07) is 0.466. The zero-order valence-electron chi connectivity index (χ0n) is 7.93. The number of hydrogen-bond acceptors (Lipinski definition) is 3. The van der Waals surface area contributed by atoms with E-state index >= 15 is 0 Å². The molecule has 3 N–H and O–H groups in total. The van der Waals surface area contributed by atoms with Crippen LogP contribution in [0.1, 0.15) is 37.5 Å². The summed E-state index contributed by atoms with van der Waals surface area (Å²) in [7, 11) is 0. The summed E-state index contributed by atoms with van der Waals surface area (Å²) in [5.41, 5.74) is 5.52. The van der Waals surface area contributed by atoms with E-state index in [4.69, 9.17) is 10.9 Å². The van der Waals surface area contributed by atoms with E-state index in [0.717, 1.165) is 12.8 Å². The smallest absolute Gasteiger partial charge is 0.206 e. The summed E-state index contributed by atoms with van der Waals surface area (Å²) in [4.78, 5) is 4.08. The monoisotopic (exact) mass is 194 g/mol. The van der Waals surface area contributed by atoms with Crippen LogP contribution in [0.3, 0.4) is 0 Å². The van der Waals surface area contributed by atoms with E-state index in [1.54, 1.807) is 6.20 Å². The predicted octanol–water partition coefficient (Wildman–Crippen LogP) is 1.09. The van der Waals surface area contributed by atoms with Crippen LogP contribution in [0.15, 0.2) is 17.5 Å². The Morgan fingerprint density at radius 3 is 2.93 bits per heavy atom. The van der Waals surface area contributed by atoms with Crippen molar-refractivity contribution in [2.45, 2.75) is 31.7 Å². The van der Waals surface area contributed by atoms with Crippen molar-refractivity contribution in [2.24, 2.45) is 10.9 Å². The highest BCUT2D eigenvalue weighted by molar-refractivity contribution is 5.93. The molecule has 0 radical (unpaired) electrons. The Hall–Kier alpha value is -1.52. The molecule has 1 heterocycles. The molecule has 0 aliphatic heterocycles. The second kappa shape index (κ2) is 3.69. The lowest BCUT2D eigenvalue weighted by molar-refractivity contribution is 0.318. The molecule has 14 heavy (non-hydrogen) atoms. The van der Waals surface area contributed by atoms with Crippen LogP contribution in [-0.4, -0.2) is 20.6 Å². The molecule has 2 rings (SSSR count). The molecule has 5 heteroatoms. The lowest BCUT2D eigenvalue weighted by Crippen LogP contribution is -2.21. The fourth-order valence-electron chi connectivity index (χ4n) is 2.03. The van der Waals surface area contributed by atoms with Crippen LogP contribution in [0.4, 0.5) is 0 Å². The molecular weight excluding hydrogens is 180 g/mol. The lowest BCUT2D eigenvalue weighted by Gasteiger charge is -2.13. The third kappa shape index (κ3) is 1.45. The standard InChI is InChI=1S/C9H14N4O/c10-8(12-14)9-11-5-6-13(9)7-3-1-2-4-7/h5-7,14H,1-4H2,(H2,10,12). The molecule has 1 aromatic heterocycles. The van der Waals surface area contributed by atoms with Gasteiger partial charge in [-0.25, -0.2) is 4.98 Å². The van der Waals surface area contributed by atoms with E-state index in [2.05, 4.69) is 10.1 Å². The van der Waals surface area contributed by atoms with Gasteiger partial charge in [0.1, 0.15) is 0 Å². The number of nitrogens with two attached hydrogens (primary N) is 1. The minimum absolute atomic E-state index is 0.0851. The van der Waals surface area contributed by atoms with Crippen LogP contribution in [-0.2, 0) is 0 Å². The highest BCUT2D eigenvalue weighted by atomic mass is 16.4. The van der Waals surface area contributed by atoms with Gasteiger partial charge in [0.2, 0.25) is 5.84 Å². The zero-order chi connectivity index (χ0) is 9.97. The molecule has 5 nitrogen and oxygen atoms in total. The van der Waals surface area contributed by atoms with Crippen molar-refractivity contribution in [2.75, 3.05) is 0 Å². The SMILES string of the molecule is N/C(=N/O)c1nccn1C1CCCC1. The van der Waals surface area contributed by atoms with Gasteiger partial charge in [-0.05, 0) is 12.8 Å². The molecule has 76 valence electrons. The van der Waals surface area contributed by atoms with Gasteiger partial charge in [-0.15, -0.1) is 0 Å². The third-order valence-electron chi connectivity index (χ3n) is 2.72. The van der Waals surface area contributed by atoms with Gasteiger partial charge >= 0.3 is 0 Å². The first-order chi connectivity index (χ1) is 6.83. The minimum atomic E-state index is 0.0851. The molecule has 0 atom stereocenters. The Balaban J connectivity index is 2.29. The number of aromatic nitrogens is 2. The lowest BCUT2D eigenvalue weighted by atomic mass is 10.2. The summed E-state index contributed by atoms with van der Waals surface area (Å²) in [6.45, 7) is 0. The van der Waals surface area contributed by atoms with Crippen LogP contribution >= 0.6 is 0 Å². The van der Waals surface area contributed by atoms with Crippen LogP contribution in [0.5, 0.6) is 0 Å². The first-order valence-corrected chi connectivity index (χ1v) is 4.83. The Morgan fingerprint density at radius 1 is 1.57 bits per heavy atom. The molecular formula is C9H14N4O. The van der Waals surface area contributed by atoms with Gasteiger partial charge in [0.15, 0.2) is 5.82 Å². The van der Waals surface area contributed by atoms with Gasteiger partial charge < -0.3 is 15.5 Å². The van der Waals surface area contributed by atoms with E-state index < -0.39 is 0 Å². The number of imidazole rings is 1. The number of oxime groups is 1. The van der Waals surface area contributed by atoms with E-state index in [0.29, 0.717) is 11.9 Å². The average Bonchev–Trinajstić information content (AvgIpc) is 2.85. The number of nitrogens with zero attached hydrogens (tertiary/aromatic N) is 3. The summed E-state index contributed by atoms with van der Waals surface area (Å²) < 4.78 is 2.00. The minimum Gasteiger partial charge on any atom is -0.409 e. The Morgan fingerprint density at radius 2 is 2.29 bits per heavy atom. The summed E-state index contributed by atoms with van der Waals surface area (Å²) in [6.07, 6.45) is 8.39. The quantitative estimate of drug-likeness (QED) is 0.320. The number of rotatable bonds is 2. The second-order valence-corrected chi connectivity index (χ2v) is 3.58. The normalized spacial score (nSPS) is 19.0. The average molecular weight is 194 g/mol. The second-order valence-electron chi connectivity index (χ2n) is 3.58. The molecule has 1 aliphatic carbocycles. The highest BCUT2D eigenvalue weighted by Gasteiger charge is 2.20.